The van der Waals surface area contributed by atoms with E-state index in [0.717, 1.165) is 62.6 Å². The molecule has 15 heterocycles. The zero-order valence-corrected chi connectivity index (χ0v) is 64.5. The second-order valence-electron chi connectivity index (χ2n) is 25.2. The Labute approximate surface area is 783 Å². The molecule has 35 heteroatoms. The number of aromatic amines is 5. The summed E-state index contributed by atoms with van der Waals surface area (Å²) >= 11 is 0. The number of H-pyrrole nitrogens is 5. The van der Waals surface area contributed by atoms with Crippen molar-refractivity contribution in [2.45, 2.75) is 131 Å². The van der Waals surface area contributed by atoms with E-state index in [9.17, 15) is 28.1 Å². The average Bonchev–Trinajstić information content (AvgIpc) is 0.819. The van der Waals surface area contributed by atoms with Crippen molar-refractivity contribution in [2.75, 3.05) is 157 Å². The molecule has 5 N–H and O–H groups in total. The molecule has 5 amide bonds. The van der Waals surface area contributed by atoms with E-state index in [1.807, 2.05) is 0 Å². The molecule has 0 radical (unpaired) electrons. The zero-order valence-electron chi connectivity index (χ0n) is 123. The largest absolute Gasteiger partial charge is 0.354 e. The predicted octanol–water partition coefficient (Wildman–Crippen LogP) is 9.29. The number of likely N-dealkylation sites (N-methyl/N-ethyl adjacent to an activating group) is 5. The van der Waals surface area contributed by atoms with Gasteiger partial charge in [0.15, 0.2) is 0 Å². The molecule has 15 rings (SSSR count). The Balaban J connectivity index is 0.000000208. The fourth-order valence-corrected chi connectivity index (χ4v) is 11.3. The smallest absolute Gasteiger partial charge is 0.302 e. The van der Waals surface area contributed by atoms with Crippen LogP contribution < -0.4 is 24.5 Å². The normalized spacial score (nSPS) is 38.7. The molecule has 5 fully saturated rings. The third-order valence-electron chi connectivity index (χ3n) is 16.8. The van der Waals surface area contributed by atoms with Gasteiger partial charge in [-0.05, 0) is 126 Å². The molecule has 5 saturated heterocycles. The monoisotopic (exact) mass is 1690 g/mol. The number of carbonyl (C=O) groups is 5. The summed E-state index contributed by atoms with van der Waals surface area (Å²) in [7, 11) is 4.36. The van der Waals surface area contributed by atoms with Gasteiger partial charge in [-0.1, -0.05) is 34.3 Å². The van der Waals surface area contributed by atoms with E-state index in [-0.39, 0.29) is 122 Å². The number of nitrogens with one attached hydrogen (secondary N) is 5. The van der Waals surface area contributed by atoms with Crippen molar-refractivity contribution < 1.29 is 105 Å². The number of rotatable bonds is 15. The molecule has 0 aliphatic carbocycles. The van der Waals surface area contributed by atoms with Crippen molar-refractivity contribution in [2.24, 2.45) is 29.5 Å². The predicted molar refractivity (Wildman–Crippen MR) is 463 cm³/mol. The molecular formula is C85H110N30O5. The van der Waals surface area contributed by atoms with Gasteiger partial charge in [-0.25, -0.2) is 82.7 Å². The van der Waals surface area contributed by atoms with Crippen LogP contribution in [0.4, 0.5) is 29.1 Å². The summed E-state index contributed by atoms with van der Waals surface area (Å²) in [6, 6.07) is -16.4. The molecule has 0 aromatic carbocycles. The Morgan fingerprint density at radius 3 is 0.967 bits per heavy atom. The number of nitrogens with zero attached hydrogens (tertiary/aromatic N) is 25. The maximum atomic E-state index is 12.9. The van der Waals surface area contributed by atoms with Crippen molar-refractivity contribution in [1.82, 2.24) is 99.3 Å². The van der Waals surface area contributed by atoms with Gasteiger partial charge in [-0.15, -0.1) is 0 Å². The highest BCUT2D eigenvalue weighted by atomic mass is 16.2. The molecule has 5 aliphatic heterocycles. The van der Waals surface area contributed by atoms with Gasteiger partial charge < -0.3 is 98.1 Å². The summed E-state index contributed by atoms with van der Waals surface area (Å²) in [4.78, 5) is 133. The number of amides is 5. The first-order valence-corrected chi connectivity index (χ1v) is 34.6. The SMILES string of the molecule is [2H]c1c(C)[nH]c2ncnc(N(C([2H])([2H])[2H])[C@@]3([2H])C([2H])([2H])N(C(=O)C[N+]#[C-])C([2H])([2H])C([2H])([2H])[C@@]3([2H])C([2H])([2H])[2H])c12.[2H]c1c(C)[nH]c2ncnc(N(C)[C@@H]3[C@H](C([2H])([2H])[2H])C([2H])([2H])C([2H])([2H])N(C(=O)C[N+]#[C-])C3([2H])[2H])c12.[2H]c1c(C)[nH]c2ncnc(N(C)[C@@]3([2H])C([2H])([2H])N(C(=O)C[N+]#[C-])C([2H])([2H])C([2H])([2H])[C@@]3([2H])C([2H])([2H])[2H])c12.[2H]c1c(C)[nH]c2ncnc(N(C)[C@H]3C([2H])([2H])N(C(=O)C[N+]#[C-])C([2H])([2H])C([2H])([2H])[C@@]3([2H])C([2H])([2H])[2H])c12.[2H]c1c(C)[nH]c2ncnc(N(C)[C@]3([2H])[C@H](C([2H])([2H])[2H])C([2H])([2H])C([2H])([2H])N(C(=O)C[N+]#[C-])C3([2H])[2H])c12. The van der Waals surface area contributed by atoms with E-state index in [1.54, 1.807) is 20.8 Å². The minimum Gasteiger partial charge on any atom is -0.354 e. The highest BCUT2D eigenvalue weighted by Crippen LogP contribution is 2.36. The third-order valence-corrected chi connectivity index (χ3v) is 16.8. The van der Waals surface area contributed by atoms with Crippen LogP contribution >= 0.6 is 0 Å². The summed E-state index contributed by atoms with van der Waals surface area (Å²) in [5, 5.41) is -0.400. The third kappa shape index (κ3) is 20.2. The van der Waals surface area contributed by atoms with Crippen LogP contribution in [-0.2, 0) is 24.0 Å². The summed E-state index contributed by atoms with van der Waals surface area (Å²) in [5.74, 6) is -26.1. The van der Waals surface area contributed by atoms with Gasteiger partial charge in [-0.2, -0.15) is 0 Å². The van der Waals surface area contributed by atoms with Gasteiger partial charge in [0.1, 0.15) is 89.0 Å². The molecule has 5 aliphatic rings. The summed E-state index contributed by atoms with van der Waals surface area (Å²) in [6.45, 7) is -21.3. The molecule has 630 valence electrons. The molecule has 120 heavy (non-hydrogen) atoms. The number of aryl methyl sites for hydroxylation is 5. The number of aromatic nitrogens is 15. The molecule has 0 spiro atoms. The van der Waals surface area contributed by atoms with Gasteiger partial charge >= 0.3 is 29.5 Å². The molecule has 0 unspecified atom stereocenters. The minimum atomic E-state index is -4.30. The zero-order chi connectivity index (χ0) is 138. The minimum absolute atomic E-state index is 0.00704. The number of hydrogen-bond acceptors (Lipinski definition) is 20. The second kappa shape index (κ2) is 39.4. The number of anilines is 5. The summed E-state index contributed by atoms with van der Waals surface area (Å²) < 4.78 is 496. The van der Waals surface area contributed by atoms with Gasteiger partial charge in [-0.3, -0.25) is 24.0 Å². The number of carbonyl (C=O) groups excluding carboxylic acids is 5. The highest BCUT2D eigenvalue weighted by Gasteiger charge is 2.39. The second-order valence-corrected chi connectivity index (χ2v) is 25.2. The highest BCUT2D eigenvalue weighted by molar-refractivity contribution is 5.92. The van der Waals surface area contributed by atoms with Crippen LogP contribution in [0, 0.1) is 97.0 Å². The number of fused-ring (bicyclic) bond motifs is 5. The maximum absolute atomic E-state index is 12.9. The van der Waals surface area contributed by atoms with Gasteiger partial charge in [0.2, 0.25) is 0 Å². The Morgan fingerprint density at radius 1 is 0.375 bits per heavy atom. The van der Waals surface area contributed by atoms with E-state index in [1.165, 1.54) is 20.9 Å². The number of likely N-dealkylation sites (tertiary alicyclic amines) is 5. The summed E-state index contributed by atoms with van der Waals surface area (Å²) in [5.41, 5.74) is 1.84. The van der Waals surface area contributed by atoms with Crippen LogP contribution in [0.3, 0.4) is 0 Å². The Hall–Kier alpha value is -13.1. The maximum Gasteiger partial charge on any atom is 0.302 e. The Bertz CT molecular complexity index is 8460. The van der Waals surface area contributed by atoms with Crippen LogP contribution in [0.5, 0.6) is 0 Å². The number of piperidine rings is 5. The van der Waals surface area contributed by atoms with Crippen molar-refractivity contribution in [3.8, 4) is 0 Å². The molecule has 0 bridgehead atoms. The van der Waals surface area contributed by atoms with Crippen molar-refractivity contribution >= 4 is 114 Å². The van der Waals surface area contributed by atoms with Crippen molar-refractivity contribution in [3.05, 3.63) is 147 Å². The lowest BCUT2D eigenvalue weighted by atomic mass is 9.92. The van der Waals surface area contributed by atoms with Gasteiger partial charge in [0.25, 0.3) is 32.7 Å². The molecule has 0 saturated carbocycles. The lowest BCUT2D eigenvalue weighted by Gasteiger charge is -2.41. The Morgan fingerprint density at radius 2 is 0.642 bits per heavy atom. The van der Waals surface area contributed by atoms with E-state index < -0.39 is 288 Å². The van der Waals surface area contributed by atoms with Crippen LogP contribution in [0.2, 0.25) is 0 Å². The topological polar surface area (TPSA) is 347 Å². The van der Waals surface area contributed by atoms with Crippen LogP contribution in [0.25, 0.3) is 79.4 Å². The first-order valence-electron chi connectivity index (χ1n) is 64.1. The summed E-state index contributed by atoms with van der Waals surface area (Å²) in [6.07, 6.45) is -13.7. The molecule has 10 atom stereocenters. The van der Waals surface area contributed by atoms with Crippen LogP contribution in [-0.4, -0.2) is 292 Å². The van der Waals surface area contributed by atoms with E-state index in [0.29, 0.717) is 32.6 Å². The molecular weight excluding hydrogens is 1520 g/mol. The molecule has 10 aromatic heterocycles. The van der Waals surface area contributed by atoms with Gasteiger partial charge in [0, 0.05) is 185 Å². The van der Waals surface area contributed by atoms with Crippen LogP contribution in [0.15, 0.2) is 61.8 Å². The molecule has 35 nitrogen and oxygen atoms in total. The first kappa shape index (κ1) is 38.7. The van der Waals surface area contributed by atoms with E-state index >= 15 is 0 Å². The Kier molecular flexibility index (Phi) is 12.7. The first-order chi connectivity index (χ1) is 80.6. The van der Waals surface area contributed by atoms with E-state index in [2.05, 4.69) is 99.0 Å². The number of hydrogen-bond donors (Lipinski definition) is 5. The van der Waals surface area contributed by atoms with Gasteiger partial charge in [0.05, 0.1) is 81.7 Å². The quantitative estimate of drug-likeness (QED) is 0.0597. The lowest BCUT2D eigenvalue weighted by Crippen LogP contribution is -2.53. The molecule has 10 aromatic rings. The fourth-order valence-electron chi connectivity index (χ4n) is 11.3. The standard InChI is InChI=1S/5C17H22N6O/c5*1-11-5-6-23(15(24)8-18-3)9-14(11)22(4)17-13-7-12(2)21-16(13)19-10-20-17/h5*7,10-11,14H,5-6,8-9H2,1-2,4H3,(H,19,20,21)/t5*11-,14+/m11111/s1/i1D3,4D3,5D2,6D2,7D,9D2,11D,14D;1D3,5D2,6D2,7D,9D2,11D,14D;1D3,5D2,6D2,7D,9D2,14D;1D3,5D2,6D2,7D,9D2,11D;1D3,5D2,6D2,7D,9D2. The van der Waals surface area contributed by atoms with Crippen LogP contribution in [0.1, 0.15) is 175 Å². The van der Waals surface area contributed by atoms with E-state index in [4.69, 9.17) is 110 Å². The van der Waals surface area contributed by atoms with Crippen molar-refractivity contribution in [1.29, 1.82) is 0 Å². The fraction of sp³-hybridized carbons (Fsp3) is 0.529. The lowest BCUT2D eigenvalue weighted by molar-refractivity contribution is -0.131. The van der Waals surface area contributed by atoms with Crippen molar-refractivity contribution in [3.63, 3.8) is 0 Å². The average molecular weight is 1690 g/mol.